The second-order valence-electron chi connectivity index (χ2n) is 4.78. The number of nitrogens with zero attached hydrogens (tertiary/aromatic N) is 1. The van der Waals surface area contributed by atoms with Crippen LogP contribution in [-0.2, 0) is 0 Å². The second-order valence-corrected chi connectivity index (χ2v) is 4.78. The smallest absolute Gasteiger partial charge is 0.339 e. The van der Waals surface area contributed by atoms with Gasteiger partial charge in [-0.05, 0) is 24.5 Å². The molecule has 1 aromatic rings. The van der Waals surface area contributed by atoms with Crippen molar-refractivity contribution >= 4 is 17.7 Å². The maximum Gasteiger partial charge on any atom is 0.339 e. The molecule has 1 unspecified atom stereocenters. The molecular weight excluding hydrogens is 248 g/mol. The third-order valence-electron chi connectivity index (χ3n) is 3.22. The highest BCUT2D eigenvalue weighted by atomic mass is 16.4. The van der Waals surface area contributed by atoms with E-state index < -0.39 is 11.7 Å². The molecule has 0 bridgehead atoms. The highest BCUT2D eigenvalue weighted by Gasteiger charge is 2.24. The summed E-state index contributed by atoms with van der Waals surface area (Å²) in [5.41, 5.74) is -0.114. The number of carbonyl (C=O) groups excluding carboxylic acids is 1. The Morgan fingerprint density at radius 2 is 2.16 bits per heavy atom. The van der Waals surface area contributed by atoms with E-state index in [0.717, 1.165) is 6.42 Å². The van der Waals surface area contributed by atoms with E-state index in [4.69, 9.17) is 5.11 Å². The SMILES string of the molecule is CC1CCN(C(=O)Nc2cccc(C(=O)O)c2O)C1. The Morgan fingerprint density at radius 1 is 1.42 bits per heavy atom. The lowest BCUT2D eigenvalue weighted by Gasteiger charge is -2.17. The Morgan fingerprint density at radius 3 is 2.74 bits per heavy atom. The summed E-state index contributed by atoms with van der Waals surface area (Å²) in [5.74, 6) is -1.19. The standard InChI is InChI=1S/C13H16N2O4/c1-8-5-6-15(7-8)13(19)14-10-4-2-3-9(11(10)16)12(17)18/h2-4,8,16H,5-7H2,1H3,(H,14,19)(H,17,18). The minimum Gasteiger partial charge on any atom is -0.505 e. The average molecular weight is 264 g/mol. The van der Waals surface area contributed by atoms with Gasteiger partial charge in [0.15, 0.2) is 5.75 Å². The molecule has 0 aliphatic carbocycles. The predicted molar refractivity (Wildman–Crippen MR) is 69.4 cm³/mol. The van der Waals surface area contributed by atoms with Crippen LogP contribution in [0.4, 0.5) is 10.5 Å². The molecule has 1 aliphatic heterocycles. The molecule has 2 rings (SSSR count). The van der Waals surface area contributed by atoms with Crippen LogP contribution in [0.1, 0.15) is 23.7 Å². The minimum atomic E-state index is -1.23. The molecule has 1 atom stereocenters. The first-order valence-electron chi connectivity index (χ1n) is 6.10. The van der Waals surface area contributed by atoms with Gasteiger partial charge in [-0.1, -0.05) is 13.0 Å². The summed E-state index contributed by atoms with van der Waals surface area (Å²) in [6.07, 6.45) is 0.953. The van der Waals surface area contributed by atoms with Crippen molar-refractivity contribution < 1.29 is 19.8 Å². The number of carboxylic acids is 1. The number of phenols is 1. The summed E-state index contributed by atoms with van der Waals surface area (Å²) < 4.78 is 0. The molecule has 102 valence electrons. The minimum absolute atomic E-state index is 0.115. The molecule has 6 nitrogen and oxygen atoms in total. The molecule has 1 aromatic carbocycles. The molecule has 1 aliphatic rings. The molecule has 2 amide bonds. The van der Waals surface area contributed by atoms with Crippen LogP contribution in [0.5, 0.6) is 5.75 Å². The van der Waals surface area contributed by atoms with Gasteiger partial charge in [0.05, 0.1) is 5.69 Å². The zero-order valence-corrected chi connectivity index (χ0v) is 10.6. The topological polar surface area (TPSA) is 89.9 Å². The number of aromatic carboxylic acids is 1. The van der Waals surface area contributed by atoms with Gasteiger partial charge in [-0.25, -0.2) is 9.59 Å². The number of urea groups is 1. The zero-order chi connectivity index (χ0) is 14.0. The van der Waals surface area contributed by atoms with Gasteiger partial charge in [0.2, 0.25) is 0 Å². The van der Waals surface area contributed by atoms with Gasteiger partial charge < -0.3 is 20.4 Å². The highest BCUT2D eigenvalue weighted by molar-refractivity contribution is 5.97. The lowest BCUT2D eigenvalue weighted by Crippen LogP contribution is -2.32. The fourth-order valence-corrected chi connectivity index (χ4v) is 2.13. The molecule has 1 fully saturated rings. The third kappa shape index (κ3) is 2.78. The molecule has 1 saturated heterocycles. The van der Waals surface area contributed by atoms with Crippen LogP contribution >= 0.6 is 0 Å². The van der Waals surface area contributed by atoms with Crippen molar-refractivity contribution in [3.8, 4) is 5.75 Å². The van der Waals surface area contributed by atoms with E-state index in [-0.39, 0.29) is 17.3 Å². The molecule has 0 radical (unpaired) electrons. The fourth-order valence-electron chi connectivity index (χ4n) is 2.13. The van der Waals surface area contributed by atoms with Crippen LogP contribution < -0.4 is 5.32 Å². The number of nitrogens with one attached hydrogen (secondary N) is 1. The molecule has 0 spiro atoms. The van der Waals surface area contributed by atoms with E-state index in [1.165, 1.54) is 18.2 Å². The average Bonchev–Trinajstić information content (AvgIpc) is 2.78. The van der Waals surface area contributed by atoms with E-state index >= 15 is 0 Å². The van der Waals surface area contributed by atoms with Crippen LogP contribution in [0.2, 0.25) is 0 Å². The number of hydrogen-bond donors (Lipinski definition) is 3. The lowest BCUT2D eigenvalue weighted by atomic mass is 10.1. The zero-order valence-electron chi connectivity index (χ0n) is 10.6. The van der Waals surface area contributed by atoms with Crippen LogP contribution in [0.3, 0.4) is 0 Å². The summed E-state index contributed by atoms with van der Waals surface area (Å²) >= 11 is 0. The van der Waals surface area contributed by atoms with Gasteiger partial charge in [0, 0.05) is 13.1 Å². The van der Waals surface area contributed by atoms with E-state index in [0.29, 0.717) is 19.0 Å². The van der Waals surface area contributed by atoms with Crippen molar-refractivity contribution in [2.24, 2.45) is 5.92 Å². The molecule has 6 heteroatoms. The van der Waals surface area contributed by atoms with E-state index in [1.54, 1.807) is 4.90 Å². The van der Waals surface area contributed by atoms with Crippen molar-refractivity contribution in [2.75, 3.05) is 18.4 Å². The number of amides is 2. The van der Waals surface area contributed by atoms with Gasteiger partial charge in [0.25, 0.3) is 0 Å². The van der Waals surface area contributed by atoms with Gasteiger partial charge in [0.1, 0.15) is 5.56 Å². The van der Waals surface area contributed by atoms with Crippen molar-refractivity contribution in [1.29, 1.82) is 0 Å². The summed E-state index contributed by atoms with van der Waals surface area (Å²) in [4.78, 5) is 24.5. The normalized spacial score (nSPS) is 18.4. The van der Waals surface area contributed by atoms with Gasteiger partial charge >= 0.3 is 12.0 Å². The van der Waals surface area contributed by atoms with E-state index in [1.807, 2.05) is 0 Å². The first-order chi connectivity index (χ1) is 8.99. The number of benzene rings is 1. The summed E-state index contributed by atoms with van der Waals surface area (Å²) in [6.45, 7) is 3.41. The Labute approximate surface area is 110 Å². The number of carbonyl (C=O) groups is 2. The number of hydrogen-bond acceptors (Lipinski definition) is 3. The van der Waals surface area contributed by atoms with Gasteiger partial charge in [-0.15, -0.1) is 0 Å². The van der Waals surface area contributed by atoms with Crippen LogP contribution in [0, 0.1) is 5.92 Å². The Bertz CT molecular complexity index is 515. The predicted octanol–water partition coefficient (Wildman–Crippen LogP) is 1.96. The van der Waals surface area contributed by atoms with E-state index in [9.17, 15) is 14.7 Å². The lowest BCUT2D eigenvalue weighted by molar-refractivity contribution is 0.0693. The number of para-hydroxylation sites is 1. The van der Waals surface area contributed by atoms with E-state index in [2.05, 4.69) is 12.2 Å². The van der Waals surface area contributed by atoms with Crippen LogP contribution in [0.15, 0.2) is 18.2 Å². The summed E-state index contributed by atoms with van der Waals surface area (Å²) in [7, 11) is 0. The first-order valence-corrected chi connectivity index (χ1v) is 6.10. The monoisotopic (exact) mass is 264 g/mol. The second kappa shape index (κ2) is 5.17. The number of carboxylic acid groups (broad SMARTS) is 1. The fraction of sp³-hybridized carbons (Fsp3) is 0.385. The van der Waals surface area contributed by atoms with Gasteiger partial charge in [-0.2, -0.15) is 0 Å². The summed E-state index contributed by atoms with van der Waals surface area (Å²) in [5, 5.41) is 21.2. The Kier molecular flexibility index (Phi) is 3.59. The first kappa shape index (κ1) is 13.2. The molecule has 0 saturated carbocycles. The number of rotatable bonds is 2. The third-order valence-corrected chi connectivity index (χ3v) is 3.22. The van der Waals surface area contributed by atoms with Crippen LogP contribution in [0.25, 0.3) is 0 Å². The maximum absolute atomic E-state index is 11.9. The molecule has 1 heterocycles. The van der Waals surface area contributed by atoms with Crippen molar-refractivity contribution in [3.63, 3.8) is 0 Å². The molecule has 0 aromatic heterocycles. The van der Waals surface area contributed by atoms with Crippen molar-refractivity contribution in [1.82, 2.24) is 4.90 Å². The van der Waals surface area contributed by atoms with Crippen molar-refractivity contribution in [3.05, 3.63) is 23.8 Å². The highest BCUT2D eigenvalue weighted by Crippen LogP contribution is 2.28. The Balaban J connectivity index is 2.13. The largest absolute Gasteiger partial charge is 0.505 e. The molecular formula is C13H16N2O4. The van der Waals surface area contributed by atoms with Crippen molar-refractivity contribution in [2.45, 2.75) is 13.3 Å². The number of likely N-dealkylation sites (tertiary alicyclic amines) is 1. The van der Waals surface area contributed by atoms with Gasteiger partial charge in [-0.3, -0.25) is 0 Å². The number of anilines is 1. The maximum atomic E-state index is 11.9. The quantitative estimate of drug-likeness (QED) is 0.712. The molecule has 19 heavy (non-hydrogen) atoms. The number of aromatic hydroxyl groups is 1. The van der Waals surface area contributed by atoms with Crippen LogP contribution in [-0.4, -0.2) is 40.2 Å². The summed E-state index contributed by atoms with van der Waals surface area (Å²) in [6, 6.07) is 3.91. The Hall–Kier alpha value is -2.24. The molecule has 3 N–H and O–H groups in total.